The number of aliphatic hydroxyl groups excluding tert-OH is 4. The van der Waals surface area contributed by atoms with Crippen molar-refractivity contribution in [1.29, 1.82) is 0 Å². The molecule has 4 N–H and O–H groups in total. The summed E-state index contributed by atoms with van der Waals surface area (Å²) in [4.78, 5) is 0. The summed E-state index contributed by atoms with van der Waals surface area (Å²) in [6.07, 6.45) is -6.99. The zero-order valence-electron chi connectivity index (χ0n) is 17.0. The highest BCUT2D eigenvalue weighted by Gasteiger charge is 2.52. The van der Waals surface area contributed by atoms with Gasteiger partial charge in [0.05, 0.1) is 6.61 Å². The monoisotopic (exact) mass is 418 g/mol. The van der Waals surface area contributed by atoms with Gasteiger partial charge in [0.15, 0.2) is 6.29 Å². The lowest BCUT2D eigenvalue weighted by Gasteiger charge is -2.45. The molecule has 2 aromatic rings. The van der Waals surface area contributed by atoms with Crippen molar-refractivity contribution in [2.24, 2.45) is 0 Å². The van der Waals surface area contributed by atoms with Crippen LogP contribution in [0, 0.1) is 0 Å². The van der Waals surface area contributed by atoms with Gasteiger partial charge in [0.2, 0.25) is 0 Å². The second-order valence-corrected chi connectivity index (χ2v) is 12.8. The molecule has 0 amide bonds. The number of ether oxygens (including phenoxy) is 1. The molecule has 29 heavy (non-hydrogen) atoms. The maximum atomic E-state index is 10.4. The fraction of sp³-hybridized carbons (Fsp3) is 0.455. The highest BCUT2D eigenvalue weighted by atomic mass is 28.4. The van der Waals surface area contributed by atoms with Crippen LogP contribution in [0.1, 0.15) is 20.8 Å². The Hall–Kier alpha value is -1.58. The Morgan fingerprint density at radius 2 is 1.28 bits per heavy atom. The van der Waals surface area contributed by atoms with Crippen molar-refractivity contribution in [2.45, 2.75) is 56.5 Å². The van der Waals surface area contributed by atoms with Crippen LogP contribution in [0.15, 0.2) is 60.7 Å². The summed E-state index contributed by atoms with van der Waals surface area (Å²) < 4.78 is 12.0. The van der Waals surface area contributed by atoms with Crippen LogP contribution in [0.2, 0.25) is 5.04 Å². The lowest BCUT2D eigenvalue weighted by Crippen LogP contribution is -2.68. The van der Waals surface area contributed by atoms with Gasteiger partial charge in [-0.3, -0.25) is 0 Å². The van der Waals surface area contributed by atoms with Gasteiger partial charge in [0.1, 0.15) is 24.4 Å². The van der Waals surface area contributed by atoms with Crippen molar-refractivity contribution in [3.05, 3.63) is 60.7 Å². The van der Waals surface area contributed by atoms with E-state index >= 15 is 0 Å². The molecule has 2 aromatic carbocycles. The molecule has 1 aliphatic heterocycles. The third-order valence-corrected chi connectivity index (χ3v) is 10.6. The molecule has 0 aliphatic carbocycles. The molecule has 7 heteroatoms. The van der Waals surface area contributed by atoms with Gasteiger partial charge < -0.3 is 29.6 Å². The summed E-state index contributed by atoms with van der Waals surface area (Å²) in [6.45, 7) is 6.36. The van der Waals surface area contributed by atoms with Gasteiger partial charge in [-0.2, -0.15) is 0 Å². The lowest BCUT2D eigenvalue weighted by molar-refractivity contribution is -0.285. The summed E-state index contributed by atoms with van der Waals surface area (Å²) in [5.41, 5.74) is 0. The van der Waals surface area contributed by atoms with Gasteiger partial charge in [-0.1, -0.05) is 81.4 Å². The highest BCUT2D eigenvalue weighted by Crippen LogP contribution is 2.37. The molecule has 1 saturated heterocycles. The third-order valence-electron chi connectivity index (χ3n) is 5.57. The molecule has 1 heterocycles. The second-order valence-electron chi connectivity index (χ2n) is 8.51. The Morgan fingerprint density at radius 1 is 0.793 bits per heavy atom. The van der Waals surface area contributed by atoms with Crippen LogP contribution >= 0.6 is 0 Å². The summed E-state index contributed by atoms with van der Waals surface area (Å²) in [5.74, 6) is 0. The SMILES string of the molecule is CC(C)(C)[Si](OC[C@H]1O[C@@H](O)[C@@H](O)[C@@H](O)[C@@H]1O)(c1ccccc1)c1ccccc1. The predicted octanol–water partition coefficient (Wildman–Crippen LogP) is 0.363. The largest absolute Gasteiger partial charge is 0.405 e. The van der Waals surface area contributed by atoms with Crippen LogP contribution < -0.4 is 10.4 Å². The smallest absolute Gasteiger partial charge is 0.261 e. The Bertz CT molecular complexity index is 739. The van der Waals surface area contributed by atoms with Gasteiger partial charge in [0, 0.05) is 0 Å². The molecular weight excluding hydrogens is 388 g/mol. The zero-order valence-corrected chi connectivity index (χ0v) is 18.0. The second kappa shape index (κ2) is 8.65. The van der Waals surface area contributed by atoms with Crippen molar-refractivity contribution < 1.29 is 29.6 Å². The van der Waals surface area contributed by atoms with E-state index in [1.807, 2.05) is 36.4 Å². The topological polar surface area (TPSA) is 99.4 Å². The molecule has 0 aromatic heterocycles. The summed E-state index contributed by atoms with van der Waals surface area (Å²) in [5, 5.41) is 41.9. The molecule has 0 bridgehead atoms. The Labute approximate surface area is 172 Å². The Kier molecular flexibility index (Phi) is 6.60. The van der Waals surface area contributed by atoms with E-state index in [4.69, 9.17) is 9.16 Å². The fourth-order valence-corrected chi connectivity index (χ4v) is 8.61. The van der Waals surface area contributed by atoms with Crippen LogP contribution in [0.4, 0.5) is 0 Å². The van der Waals surface area contributed by atoms with E-state index in [9.17, 15) is 20.4 Å². The van der Waals surface area contributed by atoms with E-state index in [0.29, 0.717) is 0 Å². The lowest BCUT2D eigenvalue weighted by atomic mass is 10.00. The standard InChI is InChI=1S/C22H30O6Si/c1-22(2,3)29(15-10-6-4-7-11-15,16-12-8-5-9-13-16)27-14-17-18(23)19(24)20(25)21(26)28-17/h4-13,17-21,23-26H,14H2,1-3H3/t17-,18-,19+,20+,21-/m1/s1. The van der Waals surface area contributed by atoms with Crippen LogP contribution in [-0.4, -0.2) is 66.1 Å². The number of aliphatic hydroxyl groups is 4. The Morgan fingerprint density at radius 3 is 1.72 bits per heavy atom. The molecular formula is C22H30O6Si. The number of hydrogen-bond donors (Lipinski definition) is 4. The van der Waals surface area contributed by atoms with E-state index in [0.717, 1.165) is 10.4 Å². The van der Waals surface area contributed by atoms with E-state index in [1.54, 1.807) is 0 Å². The molecule has 158 valence electrons. The van der Waals surface area contributed by atoms with Gasteiger partial charge in [0.25, 0.3) is 8.32 Å². The van der Waals surface area contributed by atoms with Crippen LogP contribution in [0.3, 0.4) is 0 Å². The molecule has 1 aliphatic rings. The molecule has 0 radical (unpaired) electrons. The zero-order chi connectivity index (χ0) is 21.2. The Balaban J connectivity index is 2.00. The average molecular weight is 419 g/mol. The molecule has 0 saturated carbocycles. The molecule has 1 fully saturated rings. The third kappa shape index (κ3) is 4.18. The van der Waals surface area contributed by atoms with E-state index in [-0.39, 0.29) is 11.6 Å². The van der Waals surface area contributed by atoms with Crippen molar-refractivity contribution in [3.8, 4) is 0 Å². The molecule has 0 unspecified atom stereocenters. The highest BCUT2D eigenvalue weighted by molar-refractivity contribution is 6.99. The predicted molar refractivity (Wildman–Crippen MR) is 112 cm³/mol. The van der Waals surface area contributed by atoms with Gasteiger partial charge in [-0.25, -0.2) is 0 Å². The normalized spacial score (nSPS) is 28.3. The van der Waals surface area contributed by atoms with Gasteiger partial charge >= 0.3 is 0 Å². The summed E-state index contributed by atoms with van der Waals surface area (Å²) in [6, 6.07) is 20.0. The molecule has 6 nitrogen and oxygen atoms in total. The summed E-state index contributed by atoms with van der Waals surface area (Å²) in [7, 11) is -2.84. The minimum atomic E-state index is -2.84. The number of benzene rings is 2. The first kappa shape index (κ1) is 22.1. The van der Waals surface area contributed by atoms with Crippen LogP contribution in [0.25, 0.3) is 0 Å². The average Bonchev–Trinajstić information content (AvgIpc) is 2.71. The van der Waals surface area contributed by atoms with Crippen LogP contribution in [0.5, 0.6) is 0 Å². The maximum absolute atomic E-state index is 10.4. The first-order valence-electron chi connectivity index (χ1n) is 9.81. The van der Waals surface area contributed by atoms with Gasteiger partial charge in [-0.15, -0.1) is 0 Å². The maximum Gasteiger partial charge on any atom is 0.261 e. The van der Waals surface area contributed by atoms with Crippen LogP contribution in [-0.2, 0) is 9.16 Å². The van der Waals surface area contributed by atoms with E-state index in [2.05, 4.69) is 45.0 Å². The number of hydrogen-bond acceptors (Lipinski definition) is 6. The van der Waals surface area contributed by atoms with Crippen molar-refractivity contribution in [3.63, 3.8) is 0 Å². The summed E-state index contributed by atoms with van der Waals surface area (Å²) >= 11 is 0. The molecule has 3 rings (SSSR count). The first-order chi connectivity index (χ1) is 13.7. The quantitative estimate of drug-likeness (QED) is 0.524. The minimum Gasteiger partial charge on any atom is -0.405 e. The van der Waals surface area contributed by atoms with Gasteiger partial charge in [-0.05, 0) is 15.4 Å². The van der Waals surface area contributed by atoms with Crippen molar-refractivity contribution in [2.75, 3.05) is 6.61 Å². The minimum absolute atomic E-state index is 0.0325. The molecule has 5 atom stereocenters. The molecule has 0 spiro atoms. The number of rotatable bonds is 5. The van der Waals surface area contributed by atoms with E-state index < -0.39 is 39.0 Å². The first-order valence-corrected chi connectivity index (χ1v) is 11.7. The van der Waals surface area contributed by atoms with Crippen molar-refractivity contribution >= 4 is 18.7 Å². The van der Waals surface area contributed by atoms with E-state index in [1.165, 1.54) is 0 Å². The van der Waals surface area contributed by atoms with Crippen molar-refractivity contribution in [1.82, 2.24) is 0 Å². The fourth-order valence-electron chi connectivity index (χ4n) is 4.04.